The second-order valence-corrected chi connectivity index (χ2v) is 13.7. The Labute approximate surface area is 304 Å². The van der Waals surface area contributed by atoms with Gasteiger partial charge >= 0.3 is 30.6 Å². The van der Waals surface area contributed by atoms with Gasteiger partial charge in [-0.2, -0.15) is 39.5 Å². The number of carboxylic acids is 1. The number of carbonyl (C=O) groups excluding carboxylic acids is 1. The van der Waals surface area contributed by atoms with Gasteiger partial charge in [0.2, 0.25) is 0 Å². The number of morpholine rings is 1. The summed E-state index contributed by atoms with van der Waals surface area (Å²) in [5.74, 6) is -1.25. The molecule has 0 unspecified atom stereocenters. The number of halogens is 9. The molecular weight excluding hydrogens is 739 g/mol. The molecule has 54 heavy (non-hydrogen) atoms. The van der Waals surface area contributed by atoms with Crippen molar-refractivity contribution in [3.63, 3.8) is 0 Å². The number of amides is 1. The highest BCUT2D eigenvalue weighted by atomic mass is 19.4. The SMILES string of the molecule is CC[C@@H]1C[C@H](N(Cc2cc(C(F)(F)F)cc(C(F)(F)F)c2)c2ccc(N3CCOCC3)cn2)c2cc(C(F)(F)F)ccc2N1C(=O)OCC(C)(C)C(=O)O. The van der Waals surface area contributed by atoms with Crippen molar-refractivity contribution >= 4 is 29.3 Å². The molecule has 0 aliphatic carbocycles. The maximum atomic E-state index is 14.2. The fourth-order valence-electron chi connectivity index (χ4n) is 6.38. The number of alkyl halides is 9. The van der Waals surface area contributed by atoms with Crippen LogP contribution in [0, 0.1) is 5.41 Å². The number of benzene rings is 2. The third kappa shape index (κ3) is 8.96. The number of ether oxygens (including phenoxy) is 2. The Balaban J connectivity index is 1.67. The average Bonchev–Trinajstić information content (AvgIpc) is 3.11. The number of hydrogen-bond donors (Lipinski definition) is 1. The number of aromatic nitrogens is 1. The molecule has 0 spiro atoms. The smallest absolute Gasteiger partial charge is 0.416 e. The molecular formula is C36H37F9N4O5. The van der Waals surface area contributed by atoms with Crippen LogP contribution in [0.25, 0.3) is 0 Å². The fourth-order valence-corrected chi connectivity index (χ4v) is 6.38. The number of fused-ring (bicyclic) bond motifs is 1. The van der Waals surface area contributed by atoms with Gasteiger partial charge in [0, 0.05) is 25.7 Å². The fraction of sp³-hybridized carbons (Fsp3) is 0.472. The van der Waals surface area contributed by atoms with Gasteiger partial charge in [-0.05, 0) is 86.3 Å². The Kier molecular flexibility index (Phi) is 11.4. The third-order valence-corrected chi connectivity index (χ3v) is 9.42. The average molecular weight is 777 g/mol. The standard InChI is InChI=1S/C36H37F9N4O5/c1-4-25-17-29(27-16-22(34(37,38)39)5-7-28(27)49(25)32(52)54-20-33(2,3)31(50)51)48(30-8-6-26(18-46-30)47-9-11-53-12-10-47)19-21-13-23(35(40,41)42)15-24(14-21)36(43,44)45/h5-8,13-16,18,25,29H,4,9-12,17,19-20H2,1-3H3,(H,50,51)/t25-,29+/m1/s1. The largest absolute Gasteiger partial charge is 0.481 e. The molecule has 9 nitrogen and oxygen atoms in total. The minimum absolute atomic E-state index is 0.0169. The van der Waals surface area contributed by atoms with Crippen molar-refractivity contribution in [2.24, 2.45) is 5.41 Å². The van der Waals surface area contributed by atoms with E-state index in [1.165, 1.54) is 31.0 Å². The first kappa shape index (κ1) is 40.4. The Morgan fingerprint density at radius 3 is 2.02 bits per heavy atom. The van der Waals surface area contributed by atoms with Crippen LogP contribution in [0.1, 0.15) is 67.5 Å². The van der Waals surface area contributed by atoms with Crippen LogP contribution in [-0.2, 0) is 39.3 Å². The highest BCUT2D eigenvalue weighted by Crippen LogP contribution is 2.46. The van der Waals surface area contributed by atoms with Crippen LogP contribution in [0.3, 0.4) is 0 Å². The van der Waals surface area contributed by atoms with Crippen molar-refractivity contribution in [3.05, 3.63) is 82.5 Å². The molecule has 0 radical (unpaired) electrons. The lowest BCUT2D eigenvalue weighted by Gasteiger charge is -2.45. The van der Waals surface area contributed by atoms with Crippen LogP contribution in [0.2, 0.25) is 0 Å². The summed E-state index contributed by atoms with van der Waals surface area (Å²) in [7, 11) is 0. The van der Waals surface area contributed by atoms with E-state index in [9.17, 15) is 54.2 Å². The zero-order valence-corrected chi connectivity index (χ0v) is 29.3. The van der Waals surface area contributed by atoms with Crippen molar-refractivity contribution in [1.29, 1.82) is 0 Å². The minimum atomic E-state index is -5.17. The third-order valence-electron chi connectivity index (χ3n) is 9.42. The summed E-state index contributed by atoms with van der Waals surface area (Å²) in [4.78, 5) is 34.2. The zero-order valence-electron chi connectivity index (χ0n) is 29.3. The monoisotopic (exact) mass is 776 g/mol. The van der Waals surface area contributed by atoms with Gasteiger partial charge in [-0.3, -0.25) is 9.69 Å². The number of hydrogen-bond acceptors (Lipinski definition) is 7. The summed E-state index contributed by atoms with van der Waals surface area (Å²) in [6.45, 7) is 4.92. The van der Waals surface area contributed by atoms with Crippen LogP contribution >= 0.6 is 0 Å². The maximum Gasteiger partial charge on any atom is 0.416 e. The molecule has 1 fully saturated rings. The quantitative estimate of drug-likeness (QED) is 0.216. The van der Waals surface area contributed by atoms with Crippen LogP contribution < -0.4 is 14.7 Å². The summed E-state index contributed by atoms with van der Waals surface area (Å²) in [5.41, 5.74) is -5.81. The lowest BCUT2D eigenvalue weighted by atomic mass is 9.87. The Bertz CT molecular complexity index is 1790. The number of carboxylic acid groups (broad SMARTS) is 1. The van der Waals surface area contributed by atoms with Gasteiger partial charge in [0.05, 0.1) is 58.9 Å². The lowest BCUT2D eigenvalue weighted by Crippen LogP contribution is -2.48. The van der Waals surface area contributed by atoms with Crippen molar-refractivity contribution < 1.29 is 63.7 Å². The van der Waals surface area contributed by atoms with Crippen LogP contribution in [-0.4, -0.2) is 61.1 Å². The number of rotatable bonds is 9. The Hall–Kier alpha value is -4.74. The molecule has 18 heteroatoms. The van der Waals surface area contributed by atoms with Gasteiger partial charge in [-0.1, -0.05) is 6.92 Å². The number of aliphatic carboxylic acids is 1. The second kappa shape index (κ2) is 15.2. The second-order valence-electron chi connectivity index (χ2n) is 13.7. The Morgan fingerprint density at radius 2 is 1.50 bits per heavy atom. The van der Waals surface area contributed by atoms with E-state index < -0.39 is 83.5 Å². The van der Waals surface area contributed by atoms with Gasteiger partial charge in [0.25, 0.3) is 0 Å². The highest BCUT2D eigenvalue weighted by Gasteiger charge is 2.43. The summed E-state index contributed by atoms with van der Waals surface area (Å²) in [6, 6.07) is 4.72. The predicted octanol–water partition coefficient (Wildman–Crippen LogP) is 8.96. The molecule has 3 aromatic rings. The molecule has 294 valence electrons. The van der Waals surface area contributed by atoms with Crippen molar-refractivity contribution in [2.45, 2.75) is 70.8 Å². The molecule has 1 aromatic heterocycles. The zero-order chi connectivity index (χ0) is 39.8. The van der Waals surface area contributed by atoms with Crippen LogP contribution in [0.4, 0.5) is 61.5 Å². The molecule has 2 aliphatic rings. The summed E-state index contributed by atoms with van der Waals surface area (Å²) in [6.07, 6.45) is -14.8. The van der Waals surface area contributed by atoms with Crippen molar-refractivity contribution in [1.82, 2.24) is 4.98 Å². The van der Waals surface area contributed by atoms with E-state index in [0.717, 1.165) is 23.1 Å². The lowest BCUT2D eigenvalue weighted by molar-refractivity contribution is -0.149. The summed E-state index contributed by atoms with van der Waals surface area (Å²) < 4.78 is 137. The maximum absolute atomic E-state index is 14.2. The highest BCUT2D eigenvalue weighted by molar-refractivity contribution is 5.91. The number of anilines is 3. The molecule has 2 atom stereocenters. The number of pyridine rings is 1. The first-order valence-corrected chi connectivity index (χ1v) is 16.8. The number of carbonyl (C=O) groups is 2. The van der Waals surface area contributed by atoms with E-state index in [1.54, 1.807) is 13.0 Å². The van der Waals surface area contributed by atoms with Crippen LogP contribution in [0.5, 0.6) is 0 Å². The molecule has 1 saturated heterocycles. The van der Waals surface area contributed by atoms with Crippen LogP contribution in [0.15, 0.2) is 54.7 Å². The number of nitrogens with zero attached hydrogens (tertiary/aromatic N) is 4. The van der Waals surface area contributed by atoms with Gasteiger partial charge in [-0.15, -0.1) is 0 Å². The van der Waals surface area contributed by atoms with E-state index in [-0.39, 0.29) is 36.0 Å². The van der Waals surface area contributed by atoms with Crippen molar-refractivity contribution in [2.75, 3.05) is 47.6 Å². The van der Waals surface area contributed by atoms with E-state index >= 15 is 0 Å². The molecule has 0 bridgehead atoms. The van der Waals surface area contributed by atoms with Gasteiger partial charge in [0.15, 0.2) is 0 Å². The van der Waals surface area contributed by atoms with E-state index in [1.807, 2.05) is 4.90 Å². The molecule has 5 rings (SSSR count). The topological polar surface area (TPSA) is 95.4 Å². The van der Waals surface area contributed by atoms with E-state index in [0.29, 0.717) is 44.1 Å². The van der Waals surface area contributed by atoms with E-state index in [2.05, 4.69) is 4.98 Å². The van der Waals surface area contributed by atoms with Gasteiger partial charge in [-0.25, -0.2) is 9.78 Å². The molecule has 3 heterocycles. The molecule has 2 aliphatic heterocycles. The normalized spacial score (nSPS) is 18.3. The Morgan fingerprint density at radius 1 is 0.889 bits per heavy atom. The van der Waals surface area contributed by atoms with Gasteiger partial charge < -0.3 is 24.4 Å². The molecule has 2 aromatic carbocycles. The first-order chi connectivity index (χ1) is 25.1. The predicted molar refractivity (Wildman–Crippen MR) is 178 cm³/mol. The first-order valence-electron chi connectivity index (χ1n) is 16.8. The minimum Gasteiger partial charge on any atom is -0.481 e. The molecule has 0 saturated carbocycles. The summed E-state index contributed by atoms with van der Waals surface area (Å²) >= 11 is 0. The van der Waals surface area contributed by atoms with Crippen molar-refractivity contribution in [3.8, 4) is 0 Å². The summed E-state index contributed by atoms with van der Waals surface area (Å²) in [5, 5.41) is 9.51. The van der Waals surface area contributed by atoms with E-state index in [4.69, 9.17) is 9.47 Å². The molecule has 1 N–H and O–H groups in total. The van der Waals surface area contributed by atoms with Gasteiger partial charge in [0.1, 0.15) is 12.4 Å². The molecule has 1 amide bonds.